The Morgan fingerprint density at radius 1 is 1.17 bits per heavy atom. The highest BCUT2D eigenvalue weighted by atomic mass is 16.5. The van der Waals surface area contributed by atoms with E-state index in [1.54, 1.807) is 12.1 Å². The van der Waals surface area contributed by atoms with Crippen molar-refractivity contribution >= 4 is 17.8 Å². The molecule has 0 saturated carbocycles. The van der Waals surface area contributed by atoms with E-state index >= 15 is 0 Å². The van der Waals surface area contributed by atoms with Gasteiger partial charge in [-0.3, -0.25) is 9.59 Å². The van der Waals surface area contributed by atoms with E-state index in [2.05, 4.69) is 5.32 Å². The van der Waals surface area contributed by atoms with Gasteiger partial charge in [0.25, 0.3) is 5.91 Å². The molecule has 0 heterocycles. The third-order valence-electron chi connectivity index (χ3n) is 3.03. The second-order valence-corrected chi connectivity index (χ2v) is 4.54. The number of para-hydroxylation sites is 1. The minimum absolute atomic E-state index is 0.116. The molecule has 0 saturated heterocycles. The summed E-state index contributed by atoms with van der Waals surface area (Å²) in [5.74, 6) is -0.927. The molecule has 126 valence electrons. The summed E-state index contributed by atoms with van der Waals surface area (Å²) in [6, 6.07) is 4.75. The quantitative estimate of drug-likeness (QED) is 0.713. The van der Waals surface area contributed by atoms with E-state index in [4.69, 9.17) is 14.2 Å². The fraction of sp³-hybridized carbons (Fsp3) is 0.400. The Morgan fingerprint density at radius 3 is 2.43 bits per heavy atom. The van der Waals surface area contributed by atoms with Crippen molar-refractivity contribution in [2.45, 2.75) is 0 Å². The molecule has 0 aromatic heterocycles. The Bertz CT molecular complexity index is 587. The van der Waals surface area contributed by atoms with E-state index < -0.39 is 18.5 Å². The number of hydrogen-bond acceptors (Lipinski definition) is 6. The third-order valence-corrected chi connectivity index (χ3v) is 3.03. The average Bonchev–Trinajstić information content (AvgIpc) is 2.57. The summed E-state index contributed by atoms with van der Waals surface area (Å²) < 4.78 is 15.2. The number of hydrogen-bond donors (Lipinski definition) is 1. The lowest BCUT2D eigenvalue weighted by Gasteiger charge is -2.16. The topological polar surface area (TPSA) is 94.2 Å². The Balaban J connectivity index is 2.70. The SMILES string of the molecule is CNC(=O)CN(C)C(=O)COC(=O)c1cccc(OC)c1OC. The molecule has 0 unspecified atom stereocenters. The second-order valence-electron chi connectivity index (χ2n) is 4.54. The fourth-order valence-corrected chi connectivity index (χ4v) is 1.75. The van der Waals surface area contributed by atoms with Gasteiger partial charge in [0, 0.05) is 14.1 Å². The highest BCUT2D eigenvalue weighted by Gasteiger charge is 2.20. The van der Waals surface area contributed by atoms with E-state index in [1.165, 1.54) is 34.4 Å². The molecule has 0 bridgehead atoms. The maximum Gasteiger partial charge on any atom is 0.342 e. The Morgan fingerprint density at radius 2 is 1.87 bits per heavy atom. The molecule has 1 aromatic carbocycles. The summed E-state index contributed by atoms with van der Waals surface area (Å²) in [5, 5.41) is 2.40. The molecule has 0 aliphatic rings. The third kappa shape index (κ3) is 4.87. The number of nitrogens with one attached hydrogen (secondary N) is 1. The maximum atomic E-state index is 12.1. The van der Waals surface area contributed by atoms with Gasteiger partial charge in [0.05, 0.1) is 20.8 Å². The molecule has 0 radical (unpaired) electrons. The highest BCUT2D eigenvalue weighted by Crippen LogP contribution is 2.31. The molecule has 1 aromatic rings. The van der Waals surface area contributed by atoms with Gasteiger partial charge < -0.3 is 24.4 Å². The van der Waals surface area contributed by atoms with Crippen molar-refractivity contribution in [2.75, 3.05) is 41.5 Å². The summed E-state index contributed by atoms with van der Waals surface area (Å²) in [6.45, 7) is -0.595. The van der Waals surface area contributed by atoms with Crippen molar-refractivity contribution in [3.63, 3.8) is 0 Å². The lowest BCUT2D eigenvalue weighted by atomic mass is 10.2. The van der Waals surface area contributed by atoms with Gasteiger partial charge >= 0.3 is 5.97 Å². The molecular formula is C15H20N2O6. The van der Waals surface area contributed by atoms with Crippen LogP contribution in [0.15, 0.2) is 18.2 Å². The molecule has 0 spiro atoms. The van der Waals surface area contributed by atoms with Gasteiger partial charge in [0.1, 0.15) is 5.56 Å². The minimum atomic E-state index is -0.720. The largest absolute Gasteiger partial charge is 0.493 e. The van der Waals surface area contributed by atoms with E-state index in [9.17, 15) is 14.4 Å². The molecule has 23 heavy (non-hydrogen) atoms. The molecule has 0 aliphatic carbocycles. The zero-order chi connectivity index (χ0) is 17.4. The number of amides is 2. The molecule has 0 aliphatic heterocycles. The first-order valence-corrected chi connectivity index (χ1v) is 6.77. The van der Waals surface area contributed by atoms with Crippen LogP contribution in [0.1, 0.15) is 10.4 Å². The molecular weight excluding hydrogens is 304 g/mol. The van der Waals surface area contributed by atoms with Gasteiger partial charge in [-0.1, -0.05) is 6.07 Å². The van der Waals surface area contributed by atoms with Crippen molar-refractivity contribution in [2.24, 2.45) is 0 Å². The fourth-order valence-electron chi connectivity index (χ4n) is 1.75. The molecule has 8 heteroatoms. The number of likely N-dealkylation sites (N-methyl/N-ethyl adjacent to an activating group) is 2. The first kappa shape index (κ1) is 18.3. The standard InChI is InChI=1S/C15H20N2O6/c1-16-12(18)8-17(2)13(19)9-23-15(20)10-6-5-7-11(21-3)14(10)22-4/h5-7H,8-9H2,1-4H3,(H,16,18). The number of benzene rings is 1. The Kier molecular flexibility index (Phi) is 6.85. The van der Waals surface area contributed by atoms with Crippen LogP contribution in [0, 0.1) is 0 Å². The van der Waals surface area contributed by atoms with Crippen LogP contribution in [0.2, 0.25) is 0 Å². The van der Waals surface area contributed by atoms with Crippen LogP contribution in [0.3, 0.4) is 0 Å². The minimum Gasteiger partial charge on any atom is -0.493 e. The van der Waals surface area contributed by atoms with Crippen LogP contribution in [-0.4, -0.2) is 64.2 Å². The molecule has 0 atom stereocenters. The van der Waals surface area contributed by atoms with E-state index in [0.29, 0.717) is 5.75 Å². The van der Waals surface area contributed by atoms with Crippen molar-refractivity contribution in [1.29, 1.82) is 0 Å². The number of carbonyl (C=O) groups excluding carboxylic acids is 3. The monoisotopic (exact) mass is 324 g/mol. The second kappa shape index (κ2) is 8.62. The number of carbonyl (C=O) groups is 3. The summed E-state index contributed by atoms with van der Waals surface area (Å²) >= 11 is 0. The van der Waals surface area contributed by atoms with Gasteiger partial charge in [-0.25, -0.2) is 4.79 Å². The van der Waals surface area contributed by atoms with Gasteiger partial charge in [-0.2, -0.15) is 0 Å². The van der Waals surface area contributed by atoms with Crippen LogP contribution < -0.4 is 14.8 Å². The first-order chi connectivity index (χ1) is 10.9. The van der Waals surface area contributed by atoms with Crippen molar-refractivity contribution in [3.8, 4) is 11.5 Å². The van der Waals surface area contributed by atoms with Crippen LogP contribution in [-0.2, 0) is 14.3 Å². The van der Waals surface area contributed by atoms with Crippen LogP contribution in [0.5, 0.6) is 11.5 Å². The normalized spacial score (nSPS) is 9.74. The number of ether oxygens (including phenoxy) is 3. The average molecular weight is 324 g/mol. The smallest absolute Gasteiger partial charge is 0.342 e. The summed E-state index contributed by atoms with van der Waals surface area (Å²) in [5.41, 5.74) is 0.147. The summed E-state index contributed by atoms with van der Waals surface area (Å²) in [4.78, 5) is 36.3. The highest BCUT2D eigenvalue weighted by molar-refractivity contribution is 5.95. The van der Waals surface area contributed by atoms with Crippen LogP contribution in [0.25, 0.3) is 0 Å². The molecule has 0 fully saturated rings. The lowest BCUT2D eigenvalue weighted by molar-refractivity contribution is -0.137. The van der Waals surface area contributed by atoms with Crippen LogP contribution in [0.4, 0.5) is 0 Å². The Hall–Kier alpha value is -2.77. The summed E-state index contributed by atoms with van der Waals surface area (Å²) in [6.07, 6.45) is 0. The predicted molar refractivity (Wildman–Crippen MR) is 81.5 cm³/mol. The van der Waals surface area contributed by atoms with Crippen molar-refractivity contribution < 1.29 is 28.6 Å². The molecule has 2 amide bonds. The predicted octanol–water partition coefficient (Wildman–Crippen LogP) is 0.0650. The molecule has 1 N–H and O–H groups in total. The van der Waals surface area contributed by atoms with E-state index in [-0.39, 0.29) is 23.8 Å². The molecule has 1 rings (SSSR count). The van der Waals surface area contributed by atoms with Crippen LogP contribution >= 0.6 is 0 Å². The lowest BCUT2D eigenvalue weighted by Crippen LogP contribution is -2.39. The van der Waals surface area contributed by atoms with Gasteiger partial charge in [-0.15, -0.1) is 0 Å². The van der Waals surface area contributed by atoms with Crippen molar-refractivity contribution in [1.82, 2.24) is 10.2 Å². The van der Waals surface area contributed by atoms with E-state index in [1.807, 2.05) is 0 Å². The first-order valence-electron chi connectivity index (χ1n) is 6.77. The number of nitrogens with zero attached hydrogens (tertiary/aromatic N) is 1. The maximum absolute atomic E-state index is 12.1. The van der Waals surface area contributed by atoms with Gasteiger partial charge in [0.2, 0.25) is 5.91 Å². The number of rotatable bonds is 7. The zero-order valence-corrected chi connectivity index (χ0v) is 13.5. The Labute approximate surface area is 134 Å². The van der Waals surface area contributed by atoms with E-state index in [0.717, 1.165) is 4.90 Å². The summed E-state index contributed by atoms with van der Waals surface area (Å²) in [7, 11) is 5.76. The zero-order valence-electron chi connectivity index (χ0n) is 13.5. The van der Waals surface area contributed by atoms with Crippen molar-refractivity contribution in [3.05, 3.63) is 23.8 Å². The number of methoxy groups -OCH3 is 2. The molecule has 8 nitrogen and oxygen atoms in total. The van der Waals surface area contributed by atoms with Gasteiger partial charge in [0.15, 0.2) is 18.1 Å². The number of esters is 1. The van der Waals surface area contributed by atoms with Gasteiger partial charge in [-0.05, 0) is 12.1 Å².